The van der Waals surface area contributed by atoms with Crippen LogP contribution in [0.5, 0.6) is 0 Å². The summed E-state index contributed by atoms with van der Waals surface area (Å²) in [7, 11) is 0. The van der Waals surface area contributed by atoms with Gasteiger partial charge in [0.25, 0.3) is 0 Å². The Morgan fingerprint density at radius 3 is 2.57 bits per heavy atom. The molecular formula is C21H29Cl3N2O2. The van der Waals surface area contributed by atoms with E-state index in [4.69, 9.17) is 23.2 Å². The molecule has 28 heavy (non-hydrogen) atoms. The van der Waals surface area contributed by atoms with E-state index in [-0.39, 0.29) is 29.8 Å². The van der Waals surface area contributed by atoms with Crippen LogP contribution in [0.1, 0.15) is 50.5 Å². The van der Waals surface area contributed by atoms with Gasteiger partial charge in [-0.25, -0.2) is 0 Å². The van der Waals surface area contributed by atoms with Gasteiger partial charge in [0, 0.05) is 25.0 Å². The molecule has 7 heteroatoms. The van der Waals surface area contributed by atoms with Crippen molar-refractivity contribution in [2.24, 2.45) is 5.41 Å². The zero-order chi connectivity index (χ0) is 19.1. The normalized spacial score (nSPS) is 29.5. The third-order valence-corrected chi connectivity index (χ3v) is 7.75. The minimum absolute atomic E-state index is 0. The molecule has 156 valence electrons. The van der Waals surface area contributed by atoms with Gasteiger partial charge in [-0.3, -0.25) is 4.79 Å². The number of aliphatic hydroxyl groups excluding tert-OH is 1. The number of amides is 1. The quantitative estimate of drug-likeness (QED) is 0.715. The van der Waals surface area contributed by atoms with Crippen LogP contribution in [0.2, 0.25) is 10.0 Å². The van der Waals surface area contributed by atoms with E-state index < -0.39 is 5.41 Å². The molecule has 3 fully saturated rings. The lowest BCUT2D eigenvalue weighted by Crippen LogP contribution is -2.60. The summed E-state index contributed by atoms with van der Waals surface area (Å²) < 4.78 is 0. The summed E-state index contributed by atoms with van der Waals surface area (Å²) in [5, 5.41) is 15.1. The maximum Gasteiger partial charge on any atom is 0.233 e. The lowest BCUT2D eigenvalue weighted by molar-refractivity contribution is -0.144. The molecule has 2 saturated heterocycles. The van der Waals surface area contributed by atoms with Gasteiger partial charge in [-0.15, -0.1) is 12.4 Å². The van der Waals surface area contributed by atoms with Crippen molar-refractivity contribution < 1.29 is 9.90 Å². The molecule has 1 aromatic carbocycles. The second-order valence-corrected chi connectivity index (χ2v) is 9.41. The Hall–Kier alpha value is -0.520. The third kappa shape index (κ3) is 3.79. The Morgan fingerprint density at radius 1 is 1.14 bits per heavy atom. The molecule has 0 aromatic heterocycles. The van der Waals surface area contributed by atoms with Crippen molar-refractivity contribution in [3.05, 3.63) is 33.8 Å². The first-order valence-corrected chi connectivity index (χ1v) is 10.9. The molecule has 1 saturated carbocycles. The average Bonchev–Trinajstić information content (AvgIpc) is 3.17. The first-order valence-electron chi connectivity index (χ1n) is 10.1. The van der Waals surface area contributed by atoms with Crippen LogP contribution in [-0.4, -0.2) is 48.2 Å². The van der Waals surface area contributed by atoms with E-state index in [0.717, 1.165) is 70.1 Å². The summed E-state index contributed by atoms with van der Waals surface area (Å²) in [6.45, 7) is 3.06. The van der Waals surface area contributed by atoms with Crippen molar-refractivity contribution in [2.45, 2.75) is 56.5 Å². The predicted octanol–water partition coefficient (Wildman–Crippen LogP) is 4.19. The van der Waals surface area contributed by atoms with Crippen LogP contribution in [0.3, 0.4) is 0 Å². The van der Waals surface area contributed by atoms with Crippen LogP contribution in [0.15, 0.2) is 18.2 Å². The van der Waals surface area contributed by atoms with E-state index in [1.165, 1.54) is 0 Å². The van der Waals surface area contributed by atoms with Crippen LogP contribution >= 0.6 is 35.6 Å². The summed E-state index contributed by atoms with van der Waals surface area (Å²) in [6.07, 6.45) is 6.16. The number of halogens is 3. The number of nitrogens with one attached hydrogen (secondary N) is 1. The Balaban J connectivity index is 0.00000225. The van der Waals surface area contributed by atoms with Gasteiger partial charge < -0.3 is 15.3 Å². The zero-order valence-electron chi connectivity index (χ0n) is 16.1. The van der Waals surface area contributed by atoms with Crippen LogP contribution in [-0.2, 0) is 10.2 Å². The molecule has 2 aliphatic heterocycles. The van der Waals surface area contributed by atoms with E-state index in [2.05, 4.69) is 5.32 Å². The molecule has 1 spiro atoms. The van der Waals surface area contributed by atoms with Gasteiger partial charge in [-0.05, 0) is 56.3 Å². The zero-order valence-corrected chi connectivity index (χ0v) is 18.4. The van der Waals surface area contributed by atoms with Gasteiger partial charge in [0.2, 0.25) is 5.91 Å². The Kier molecular flexibility index (Phi) is 6.88. The summed E-state index contributed by atoms with van der Waals surface area (Å²) in [6, 6.07) is 5.65. The van der Waals surface area contributed by atoms with Gasteiger partial charge in [-0.1, -0.05) is 42.1 Å². The van der Waals surface area contributed by atoms with Gasteiger partial charge in [-0.2, -0.15) is 0 Å². The number of carbonyl (C=O) groups is 1. The smallest absolute Gasteiger partial charge is 0.233 e. The molecule has 2 N–H and O–H groups in total. The molecule has 0 bridgehead atoms. The fourth-order valence-electron chi connectivity index (χ4n) is 5.45. The van der Waals surface area contributed by atoms with Crippen molar-refractivity contribution in [1.29, 1.82) is 0 Å². The number of hydrogen-bond acceptors (Lipinski definition) is 3. The van der Waals surface area contributed by atoms with Crippen LogP contribution in [0, 0.1) is 5.41 Å². The highest BCUT2D eigenvalue weighted by atomic mass is 35.5. The number of rotatable bonds is 2. The molecule has 3 aliphatic rings. The van der Waals surface area contributed by atoms with Gasteiger partial charge in [0.05, 0.1) is 21.6 Å². The molecular weight excluding hydrogens is 419 g/mol. The minimum Gasteiger partial charge on any atom is -0.392 e. The minimum atomic E-state index is -0.500. The highest BCUT2D eigenvalue weighted by molar-refractivity contribution is 6.42. The lowest BCUT2D eigenvalue weighted by Gasteiger charge is -2.49. The predicted molar refractivity (Wildman–Crippen MR) is 116 cm³/mol. The number of nitrogens with zero attached hydrogens (tertiary/aromatic N) is 1. The topological polar surface area (TPSA) is 52.6 Å². The second-order valence-electron chi connectivity index (χ2n) is 8.59. The Morgan fingerprint density at radius 2 is 1.89 bits per heavy atom. The molecule has 4 nitrogen and oxygen atoms in total. The van der Waals surface area contributed by atoms with Crippen molar-refractivity contribution in [1.82, 2.24) is 10.2 Å². The molecule has 2 heterocycles. The maximum absolute atomic E-state index is 13.8. The van der Waals surface area contributed by atoms with E-state index in [0.29, 0.717) is 16.6 Å². The Bertz CT molecular complexity index is 720. The number of piperidine rings is 2. The lowest BCUT2D eigenvalue weighted by atomic mass is 9.71. The second kappa shape index (κ2) is 8.69. The highest BCUT2D eigenvalue weighted by Crippen LogP contribution is 2.46. The summed E-state index contributed by atoms with van der Waals surface area (Å²) >= 11 is 12.4. The van der Waals surface area contributed by atoms with Gasteiger partial charge in [0.1, 0.15) is 0 Å². The summed E-state index contributed by atoms with van der Waals surface area (Å²) in [4.78, 5) is 15.8. The molecule has 1 aliphatic carbocycles. The van der Waals surface area contributed by atoms with E-state index >= 15 is 0 Å². The average molecular weight is 448 g/mol. The number of carbonyl (C=O) groups excluding carboxylic acids is 1. The third-order valence-electron chi connectivity index (χ3n) is 7.01. The van der Waals surface area contributed by atoms with E-state index in [9.17, 15) is 9.90 Å². The summed E-state index contributed by atoms with van der Waals surface area (Å²) in [5.41, 5.74) is 0.282. The molecule has 0 unspecified atom stereocenters. The van der Waals surface area contributed by atoms with Crippen LogP contribution < -0.4 is 5.32 Å². The number of aliphatic hydroxyl groups is 1. The van der Waals surface area contributed by atoms with Crippen molar-refractivity contribution in [3.63, 3.8) is 0 Å². The summed E-state index contributed by atoms with van der Waals surface area (Å²) in [5.74, 6) is 0.204. The van der Waals surface area contributed by atoms with Crippen molar-refractivity contribution in [3.8, 4) is 0 Å². The van der Waals surface area contributed by atoms with Crippen LogP contribution in [0.25, 0.3) is 0 Å². The highest BCUT2D eigenvalue weighted by Gasteiger charge is 2.49. The standard InChI is InChI=1S/C21H28Cl2N2O2.ClH/c22-16-5-4-15(12-17(16)23)21(8-1-2-9-21)19(27)25-11-3-7-20(14-25)13-24-10-6-18(20)26;/h4-5,12,18,24,26H,1-3,6-11,13-14H2;1H/t18-,20-;/m0./s1. The molecule has 1 amide bonds. The SMILES string of the molecule is Cl.O=C(N1CCC[C@]2(CNCC[C@@H]2O)C1)C1(c2ccc(Cl)c(Cl)c2)CCCC1. The first kappa shape index (κ1) is 22.2. The molecule has 0 radical (unpaired) electrons. The monoisotopic (exact) mass is 446 g/mol. The van der Waals surface area contributed by atoms with Gasteiger partial charge >= 0.3 is 0 Å². The van der Waals surface area contributed by atoms with E-state index in [1.807, 2.05) is 17.0 Å². The van der Waals surface area contributed by atoms with Crippen molar-refractivity contribution in [2.75, 3.05) is 26.2 Å². The molecule has 1 aromatic rings. The molecule has 2 atom stereocenters. The fraction of sp³-hybridized carbons (Fsp3) is 0.667. The largest absolute Gasteiger partial charge is 0.392 e. The Labute approximate surface area is 183 Å². The van der Waals surface area contributed by atoms with Crippen molar-refractivity contribution >= 4 is 41.5 Å². The molecule has 4 rings (SSSR count). The number of benzene rings is 1. The van der Waals surface area contributed by atoms with E-state index in [1.54, 1.807) is 6.07 Å². The number of likely N-dealkylation sites (tertiary alicyclic amines) is 1. The van der Waals surface area contributed by atoms with Gasteiger partial charge in [0.15, 0.2) is 0 Å². The van der Waals surface area contributed by atoms with Crippen LogP contribution in [0.4, 0.5) is 0 Å². The maximum atomic E-state index is 13.8. The first-order chi connectivity index (χ1) is 13.0. The fourth-order valence-corrected chi connectivity index (χ4v) is 5.75. The number of hydrogen-bond donors (Lipinski definition) is 2.